The summed E-state index contributed by atoms with van der Waals surface area (Å²) in [6.07, 6.45) is -0.970. The van der Waals surface area contributed by atoms with Crippen molar-refractivity contribution in [2.45, 2.75) is 59.7 Å². The number of hydrogen-bond acceptors (Lipinski definition) is 5. The zero-order chi connectivity index (χ0) is 18.6. The number of rotatable bonds is 6. The van der Waals surface area contributed by atoms with Gasteiger partial charge in [0, 0.05) is 23.7 Å². The summed E-state index contributed by atoms with van der Waals surface area (Å²) in [6, 6.07) is 4.04. The van der Waals surface area contributed by atoms with Crippen LogP contribution in [0.4, 0.5) is 5.69 Å². The van der Waals surface area contributed by atoms with Crippen molar-refractivity contribution in [3.8, 4) is 0 Å². The second-order valence-corrected chi connectivity index (χ2v) is 6.24. The molecule has 0 spiro atoms. The monoisotopic (exact) mass is 336 g/mol. The predicted octanol–water partition coefficient (Wildman–Crippen LogP) is 3.09. The van der Waals surface area contributed by atoms with Crippen LogP contribution in [0, 0.1) is 17.0 Å². The molecule has 1 amide bonds. The Bertz CT molecular complexity index is 632. The summed E-state index contributed by atoms with van der Waals surface area (Å²) < 4.78 is 5.20. The average Bonchev–Trinajstić information content (AvgIpc) is 2.46. The molecule has 0 aliphatic heterocycles. The summed E-state index contributed by atoms with van der Waals surface area (Å²) in [6.45, 7) is 10.6. The van der Waals surface area contributed by atoms with Crippen LogP contribution in [0.5, 0.6) is 0 Å². The summed E-state index contributed by atoms with van der Waals surface area (Å²) in [5.74, 6) is -1.05. The first kappa shape index (κ1) is 19.6. The molecule has 1 rings (SSSR count). The molecule has 0 saturated heterocycles. The first-order chi connectivity index (χ1) is 11.1. The normalized spacial score (nSPS) is 12.2. The van der Waals surface area contributed by atoms with E-state index in [1.165, 1.54) is 19.1 Å². The lowest BCUT2D eigenvalue weighted by molar-refractivity contribution is -0.385. The largest absolute Gasteiger partial charge is 0.449 e. The smallest absolute Gasteiger partial charge is 0.339 e. The Morgan fingerprint density at radius 2 is 1.67 bits per heavy atom. The van der Waals surface area contributed by atoms with Gasteiger partial charge >= 0.3 is 5.97 Å². The molecule has 0 aromatic heterocycles. The number of carbonyl (C=O) groups excluding carboxylic acids is 2. The number of amides is 1. The van der Waals surface area contributed by atoms with Crippen LogP contribution in [-0.4, -0.2) is 39.9 Å². The molecular weight excluding hydrogens is 312 g/mol. The van der Waals surface area contributed by atoms with Gasteiger partial charge in [-0.05, 0) is 47.6 Å². The number of ether oxygens (including phenoxy) is 1. The van der Waals surface area contributed by atoms with Crippen molar-refractivity contribution in [3.63, 3.8) is 0 Å². The van der Waals surface area contributed by atoms with Crippen LogP contribution in [0.2, 0.25) is 0 Å². The summed E-state index contributed by atoms with van der Waals surface area (Å²) in [4.78, 5) is 36.7. The maximum atomic E-state index is 12.5. The van der Waals surface area contributed by atoms with Crippen LogP contribution >= 0.6 is 0 Å². The molecule has 0 N–H and O–H groups in total. The molecule has 0 fully saturated rings. The fourth-order valence-corrected chi connectivity index (χ4v) is 2.53. The Morgan fingerprint density at radius 3 is 2.12 bits per heavy atom. The van der Waals surface area contributed by atoms with Gasteiger partial charge in [-0.15, -0.1) is 0 Å². The van der Waals surface area contributed by atoms with Gasteiger partial charge in [0.15, 0.2) is 6.10 Å². The first-order valence-corrected chi connectivity index (χ1v) is 7.84. The van der Waals surface area contributed by atoms with E-state index in [9.17, 15) is 19.7 Å². The molecule has 0 heterocycles. The van der Waals surface area contributed by atoms with E-state index >= 15 is 0 Å². The van der Waals surface area contributed by atoms with E-state index in [0.717, 1.165) is 6.07 Å². The molecule has 132 valence electrons. The van der Waals surface area contributed by atoms with Gasteiger partial charge in [-0.25, -0.2) is 4.79 Å². The van der Waals surface area contributed by atoms with E-state index in [2.05, 4.69) is 0 Å². The molecule has 0 bridgehead atoms. The van der Waals surface area contributed by atoms with Gasteiger partial charge in [0.05, 0.1) is 10.5 Å². The van der Waals surface area contributed by atoms with Crippen LogP contribution in [0.3, 0.4) is 0 Å². The molecule has 0 aliphatic carbocycles. The SMILES string of the molecule is Cc1ccc(C(=O)O[C@H](C)C(=O)N(C(C)C)C(C)C)cc1[N+](=O)[O-]. The fourth-order valence-electron chi connectivity index (χ4n) is 2.53. The Labute approximate surface area is 141 Å². The van der Waals surface area contributed by atoms with Crippen molar-refractivity contribution in [2.75, 3.05) is 0 Å². The minimum absolute atomic E-state index is 0.0286. The molecule has 1 atom stereocenters. The van der Waals surface area contributed by atoms with Crippen molar-refractivity contribution in [1.82, 2.24) is 4.90 Å². The van der Waals surface area contributed by atoms with Gasteiger partial charge in [0.1, 0.15) is 0 Å². The number of esters is 1. The lowest BCUT2D eigenvalue weighted by atomic mass is 10.1. The molecule has 7 heteroatoms. The van der Waals surface area contributed by atoms with Crippen LogP contribution in [-0.2, 0) is 9.53 Å². The Balaban J connectivity index is 2.93. The Morgan fingerprint density at radius 1 is 1.12 bits per heavy atom. The topological polar surface area (TPSA) is 89.8 Å². The average molecular weight is 336 g/mol. The van der Waals surface area contributed by atoms with Gasteiger partial charge in [-0.1, -0.05) is 6.07 Å². The van der Waals surface area contributed by atoms with Crippen molar-refractivity contribution >= 4 is 17.6 Å². The lowest BCUT2D eigenvalue weighted by Gasteiger charge is -2.32. The van der Waals surface area contributed by atoms with Gasteiger partial charge in [0.2, 0.25) is 0 Å². The van der Waals surface area contributed by atoms with Crippen LogP contribution < -0.4 is 0 Å². The molecule has 24 heavy (non-hydrogen) atoms. The van der Waals surface area contributed by atoms with E-state index in [-0.39, 0.29) is 29.2 Å². The van der Waals surface area contributed by atoms with Crippen molar-refractivity contribution in [1.29, 1.82) is 0 Å². The zero-order valence-corrected chi connectivity index (χ0v) is 14.9. The zero-order valence-electron chi connectivity index (χ0n) is 14.9. The standard InChI is InChI=1S/C17H24N2O5/c1-10(2)18(11(3)4)16(20)13(6)24-17(21)14-8-7-12(5)15(9-14)19(22)23/h7-11,13H,1-6H3/t13-/m1/s1. The number of hydrogen-bond donors (Lipinski definition) is 0. The summed E-state index contributed by atoms with van der Waals surface area (Å²) in [7, 11) is 0. The highest BCUT2D eigenvalue weighted by Crippen LogP contribution is 2.20. The van der Waals surface area contributed by atoms with Crippen LogP contribution in [0.1, 0.15) is 50.5 Å². The highest BCUT2D eigenvalue weighted by atomic mass is 16.6. The molecular formula is C17H24N2O5. The maximum absolute atomic E-state index is 12.5. The van der Waals surface area contributed by atoms with Gasteiger partial charge in [-0.3, -0.25) is 14.9 Å². The third kappa shape index (κ3) is 4.53. The summed E-state index contributed by atoms with van der Waals surface area (Å²) in [5, 5.41) is 11.0. The number of aryl methyl sites for hydroxylation is 1. The highest BCUT2D eigenvalue weighted by molar-refractivity contribution is 5.93. The second-order valence-electron chi connectivity index (χ2n) is 6.24. The maximum Gasteiger partial charge on any atom is 0.339 e. The highest BCUT2D eigenvalue weighted by Gasteiger charge is 2.28. The number of nitrogens with zero attached hydrogens (tertiary/aromatic N) is 2. The quantitative estimate of drug-likeness (QED) is 0.452. The number of carbonyl (C=O) groups is 2. The third-order valence-electron chi connectivity index (χ3n) is 3.64. The third-order valence-corrected chi connectivity index (χ3v) is 3.64. The van der Waals surface area contributed by atoms with Crippen molar-refractivity contribution in [3.05, 3.63) is 39.4 Å². The van der Waals surface area contributed by atoms with E-state index in [1.807, 2.05) is 27.7 Å². The van der Waals surface area contributed by atoms with E-state index < -0.39 is 17.0 Å². The van der Waals surface area contributed by atoms with Gasteiger partial charge in [0.25, 0.3) is 11.6 Å². The van der Waals surface area contributed by atoms with E-state index in [1.54, 1.807) is 11.8 Å². The molecule has 0 unspecified atom stereocenters. The van der Waals surface area contributed by atoms with Crippen LogP contribution in [0.15, 0.2) is 18.2 Å². The summed E-state index contributed by atoms with van der Waals surface area (Å²) >= 11 is 0. The Hall–Kier alpha value is -2.44. The second kappa shape index (κ2) is 7.90. The predicted molar refractivity (Wildman–Crippen MR) is 89.8 cm³/mol. The number of benzene rings is 1. The minimum atomic E-state index is -0.970. The Kier molecular flexibility index (Phi) is 6.45. The van der Waals surface area contributed by atoms with Crippen molar-refractivity contribution < 1.29 is 19.2 Å². The minimum Gasteiger partial charge on any atom is -0.449 e. The number of nitro benzene ring substituents is 1. The van der Waals surface area contributed by atoms with Crippen LogP contribution in [0.25, 0.3) is 0 Å². The number of nitro groups is 1. The molecule has 0 radical (unpaired) electrons. The van der Waals surface area contributed by atoms with E-state index in [4.69, 9.17) is 4.74 Å². The molecule has 1 aromatic carbocycles. The van der Waals surface area contributed by atoms with Crippen molar-refractivity contribution in [2.24, 2.45) is 0 Å². The van der Waals surface area contributed by atoms with Gasteiger partial charge in [-0.2, -0.15) is 0 Å². The molecule has 1 aromatic rings. The molecule has 0 aliphatic rings. The fraction of sp³-hybridized carbons (Fsp3) is 0.529. The lowest BCUT2D eigenvalue weighted by Crippen LogP contribution is -2.47. The molecule has 7 nitrogen and oxygen atoms in total. The van der Waals surface area contributed by atoms with Gasteiger partial charge < -0.3 is 9.64 Å². The first-order valence-electron chi connectivity index (χ1n) is 7.84. The molecule has 0 saturated carbocycles. The summed E-state index contributed by atoms with van der Waals surface area (Å²) in [5.41, 5.74) is 0.341. The van der Waals surface area contributed by atoms with E-state index in [0.29, 0.717) is 5.56 Å².